The average molecular weight is 309 g/mol. The summed E-state index contributed by atoms with van der Waals surface area (Å²) >= 11 is 3.32. The molecule has 0 fully saturated rings. The summed E-state index contributed by atoms with van der Waals surface area (Å²) in [7, 11) is 0. The van der Waals surface area contributed by atoms with E-state index in [-0.39, 0.29) is 5.56 Å². The Hall–Kier alpha value is -1.99. The number of nitrogens with zero attached hydrogens (tertiary/aromatic N) is 1. The molecule has 18 heavy (non-hydrogen) atoms. The molecule has 4 N–H and O–H groups in total. The number of nitrogen functional groups attached to an aromatic ring is 1. The molecule has 1 aromatic heterocycles. The number of rotatable bonds is 2. The van der Waals surface area contributed by atoms with Crippen molar-refractivity contribution in [1.82, 2.24) is 15.6 Å². The lowest BCUT2D eigenvalue weighted by Crippen LogP contribution is -2.34. The summed E-state index contributed by atoms with van der Waals surface area (Å²) in [6, 6.07) is 8.70. The first-order valence-electron chi connectivity index (χ1n) is 4.98. The second-order valence-corrected chi connectivity index (χ2v) is 4.39. The van der Waals surface area contributed by atoms with Crippen molar-refractivity contribution in [3.63, 3.8) is 0 Å². The summed E-state index contributed by atoms with van der Waals surface area (Å²) in [5.41, 5.74) is 2.52. The molecule has 6 nitrogen and oxygen atoms in total. The minimum Gasteiger partial charge on any atom is -0.290 e. The van der Waals surface area contributed by atoms with Crippen LogP contribution in [-0.2, 0) is 0 Å². The summed E-state index contributed by atoms with van der Waals surface area (Å²) in [6.45, 7) is 0. The minimum atomic E-state index is -0.656. The topological polar surface area (TPSA) is 101 Å². The van der Waals surface area contributed by atoms with Crippen LogP contribution in [0.1, 0.15) is 10.4 Å². The molecular weight excluding hydrogens is 300 g/mol. The maximum atomic E-state index is 11.4. The van der Waals surface area contributed by atoms with Gasteiger partial charge in [-0.05, 0) is 18.2 Å². The number of hydrogen-bond donors (Lipinski definition) is 3. The minimum absolute atomic E-state index is 0.0783. The summed E-state index contributed by atoms with van der Waals surface area (Å²) in [5, 5.41) is 6.15. The first-order chi connectivity index (χ1) is 8.61. The number of aromatic nitrogens is 2. The molecule has 1 aromatic carbocycles. The first-order valence-corrected chi connectivity index (χ1v) is 5.77. The van der Waals surface area contributed by atoms with Crippen molar-refractivity contribution in [2.45, 2.75) is 0 Å². The molecule has 2 rings (SSSR count). The Bertz CT molecular complexity index is 636. The van der Waals surface area contributed by atoms with Crippen LogP contribution >= 0.6 is 15.9 Å². The van der Waals surface area contributed by atoms with Crippen LogP contribution in [0.4, 0.5) is 0 Å². The van der Waals surface area contributed by atoms with Gasteiger partial charge < -0.3 is 0 Å². The van der Waals surface area contributed by atoms with E-state index in [1.165, 1.54) is 6.07 Å². The predicted molar refractivity (Wildman–Crippen MR) is 69.6 cm³/mol. The van der Waals surface area contributed by atoms with Gasteiger partial charge in [-0.2, -0.15) is 5.10 Å². The van der Waals surface area contributed by atoms with Crippen molar-refractivity contribution in [1.29, 1.82) is 0 Å². The van der Waals surface area contributed by atoms with Gasteiger partial charge in [-0.1, -0.05) is 28.1 Å². The van der Waals surface area contributed by atoms with E-state index in [1.54, 1.807) is 0 Å². The summed E-state index contributed by atoms with van der Waals surface area (Å²) < 4.78 is 0.926. The van der Waals surface area contributed by atoms with Crippen LogP contribution in [0.15, 0.2) is 39.6 Å². The standard InChI is InChI=1S/C11H9BrN4O2/c12-7-3-1-6(2-4-7)9-5-8(10(17)14-13)11(18)16-15-9/h1-5H,13H2,(H,14,17)(H,16,18). The Labute approximate surface area is 110 Å². The number of hydrazine groups is 1. The largest absolute Gasteiger partial charge is 0.290 e. The number of H-pyrrole nitrogens is 1. The lowest BCUT2D eigenvalue weighted by Gasteiger charge is -2.03. The highest BCUT2D eigenvalue weighted by atomic mass is 79.9. The Balaban J connectivity index is 2.50. The zero-order chi connectivity index (χ0) is 13.1. The van der Waals surface area contributed by atoms with Gasteiger partial charge in [-0.25, -0.2) is 10.9 Å². The number of aromatic amines is 1. The van der Waals surface area contributed by atoms with E-state index in [0.717, 1.165) is 10.0 Å². The third kappa shape index (κ3) is 2.47. The zero-order valence-corrected chi connectivity index (χ0v) is 10.7. The SMILES string of the molecule is NNC(=O)c1cc(-c2ccc(Br)cc2)n[nH]c1=O. The molecule has 0 atom stereocenters. The third-order valence-electron chi connectivity index (χ3n) is 2.32. The molecule has 0 saturated carbocycles. The number of hydrogen-bond acceptors (Lipinski definition) is 4. The highest BCUT2D eigenvalue weighted by Gasteiger charge is 2.11. The summed E-state index contributed by atoms with van der Waals surface area (Å²) in [4.78, 5) is 22.8. The summed E-state index contributed by atoms with van der Waals surface area (Å²) in [6.07, 6.45) is 0. The number of nitrogens with two attached hydrogens (primary N) is 1. The van der Waals surface area contributed by atoms with Gasteiger partial charge >= 0.3 is 0 Å². The van der Waals surface area contributed by atoms with Gasteiger partial charge in [-0.15, -0.1) is 0 Å². The van der Waals surface area contributed by atoms with Crippen LogP contribution in [-0.4, -0.2) is 16.1 Å². The van der Waals surface area contributed by atoms with E-state index in [2.05, 4.69) is 26.1 Å². The maximum Gasteiger partial charge on any atom is 0.277 e. The van der Waals surface area contributed by atoms with Gasteiger partial charge in [0.05, 0.1) is 5.69 Å². The van der Waals surface area contributed by atoms with E-state index in [0.29, 0.717) is 5.69 Å². The second kappa shape index (κ2) is 5.11. The molecule has 92 valence electrons. The first kappa shape index (κ1) is 12.5. The van der Waals surface area contributed by atoms with Crippen molar-refractivity contribution in [3.8, 4) is 11.3 Å². The lowest BCUT2D eigenvalue weighted by atomic mass is 10.1. The number of benzene rings is 1. The van der Waals surface area contributed by atoms with Gasteiger partial charge in [0.2, 0.25) is 0 Å². The summed E-state index contributed by atoms with van der Waals surface area (Å²) in [5.74, 6) is 4.35. The molecule has 2 aromatic rings. The van der Waals surface area contributed by atoms with Crippen LogP contribution in [0.25, 0.3) is 11.3 Å². The van der Waals surface area contributed by atoms with Gasteiger partial charge in [0.15, 0.2) is 0 Å². The van der Waals surface area contributed by atoms with E-state index < -0.39 is 11.5 Å². The fourth-order valence-electron chi connectivity index (χ4n) is 1.42. The maximum absolute atomic E-state index is 11.4. The Morgan fingerprint density at radius 3 is 2.61 bits per heavy atom. The van der Waals surface area contributed by atoms with Crippen LogP contribution in [0, 0.1) is 0 Å². The monoisotopic (exact) mass is 308 g/mol. The highest BCUT2D eigenvalue weighted by molar-refractivity contribution is 9.10. The third-order valence-corrected chi connectivity index (χ3v) is 2.85. The normalized spacial score (nSPS) is 10.1. The molecule has 1 heterocycles. The van der Waals surface area contributed by atoms with Crippen molar-refractivity contribution in [3.05, 3.63) is 50.7 Å². The van der Waals surface area contributed by atoms with E-state index in [9.17, 15) is 9.59 Å². The molecule has 0 radical (unpaired) electrons. The Morgan fingerprint density at radius 1 is 1.33 bits per heavy atom. The van der Waals surface area contributed by atoms with E-state index >= 15 is 0 Å². The zero-order valence-electron chi connectivity index (χ0n) is 9.11. The van der Waals surface area contributed by atoms with Crippen LogP contribution < -0.4 is 16.8 Å². The number of carbonyl (C=O) groups is 1. The quantitative estimate of drug-likeness (QED) is 0.434. The van der Waals surface area contributed by atoms with Crippen molar-refractivity contribution >= 4 is 21.8 Å². The van der Waals surface area contributed by atoms with Gasteiger partial charge in [0.1, 0.15) is 5.56 Å². The van der Waals surface area contributed by atoms with Crippen molar-refractivity contribution < 1.29 is 4.79 Å². The molecule has 0 aliphatic rings. The second-order valence-electron chi connectivity index (χ2n) is 3.48. The van der Waals surface area contributed by atoms with Crippen LogP contribution in [0.5, 0.6) is 0 Å². The molecule has 0 saturated heterocycles. The molecule has 0 aliphatic carbocycles. The fourth-order valence-corrected chi connectivity index (χ4v) is 1.69. The molecule has 0 unspecified atom stereocenters. The van der Waals surface area contributed by atoms with E-state index in [4.69, 9.17) is 5.84 Å². The predicted octanol–water partition coefficient (Wildman–Crippen LogP) is 0.803. The van der Waals surface area contributed by atoms with Crippen molar-refractivity contribution in [2.75, 3.05) is 0 Å². The average Bonchev–Trinajstić information content (AvgIpc) is 2.39. The highest BCUT2D eigenvalue weighted by Crippen LogP contribution is 2.19. The van der Waals surface area contributed by atoms with Gasteiger partial charge in [0.25, 0.3) is 11.5 Å². The molecule has 0 spiro atoms. The Morgan fingerprint density at radius 2 is 2.00 bits per heavy atom. The van der Waals surface area contributed by atoms with Crippen LogP contribution in [0.2, 0.25) is 0 Å². The molecule has 1 amide bonds. The van der Waals surface area contributed by atoms with Gasteiger partial charge in [0, 0.05) is 10.0 Å². The van der Waals surface area contributed by atoms with Crippen molar-refractivity contribution in [2.24, 2.45) is 5.84 Å². The molecule has 0 bridgehead atoms. The number of carbonyl (C=O) groups excluding carboxylic acids is 1. The van der Waals surface area contributed by atoms with Gasteiger partial charge in [-0.3, -0.25) is 15.0 Å². The number of nitrogens with one attached hydrogen (secondary N) is 2. The number of amides is 1. The fraction of sp³-hybridized carbons (Fsp3) is 0. The smallest absolute Gasteiger partial charge is 0.277 e. The Kier molecular flexibility index (Phi) is 3.54. The van der Waals surface area contributed by atoms with E-state index in [1.807, 2.05) is 29.7 Å². The molecular formula is C11H9BrN4O2. The molecule has 0 aliphatic heterocycles. The lowest BCUT2D eigenvalue weighted by molar-refractivity contribution is 0.0952. The van der Waals surface area contributed by atoms with Crippen LogP contribution in [0.3, 0.4) is 0 Å². The number of halogens is 1. The molecule has 7 heteroatoms.